The molecule has 0 atom stereocenters. The van der Waals surface area contributed by atoms with Crippen LogP contribution in [0.15, 0.2) is 18.2 Å². The summed E-state index contributed by atoms with van der Waals surface area (Å²) in [6.07, 6.45) is 6.08. The summed E-state index contributed by atoms with van der Waals surface area (Å²) >= 11 is 3.75. The highest BCUT2D eigenvalue weighted by Crippen LogP contribution is 2.47. The van der Waals surface area contributed by atoms with Crippen molar-refractivity contribution < 1.29 is 4.39 Å². The highest BCUT2D eigenvalue weighted by atomic mass is 79.9. The van der Waals surface area contributed by atoms with Crippen molar-refractivity contribution in [3.63, 3.8) is 0 Å². The predicted molar refractivity (Wildman–Crippen MR) is 92.5 cm³/mol. The molecule has 2 heteroatoms. The molecule has 0 unspecified atom stereocenters. The molecule has 0 aliphatic heterocycles. The quantitative estimate of drug-likeness (QED) is 0.559. The van der Waals surface area contributed by atoms with E-state index in [0.717, 1.165) is 17.7 Å². The Balaban J connectivity index is 2.12. The van der Waals surface area contributed by atoms with E-state index in [-0.39, 0.29) is 5.82 Å². The lowest BCUT2D eigenvalue weighted by atomic mass is 9.63. The van der Waals surface area contributed by atoms with E-state index in [0.29, 0.717) is 10.8 Å². The van der Waals surface area contributed by atoms with Crippen LogP contribution in [-0.4, -0.2) is 5.33 Å². The SMILES string of the molecule is Cc1ccc(F)cc1CC1(CBr)CCC(C(C)(C)C)CC1. The van der Waals surface area contributed by atoms with Gasteiger partial charge in [0.15, 0.2) is 0 Å². The van der Waals surface area contributed by atoms with Gasteiger partial charge in [0.25, 0.3) is 0 Å². The molecular formula is C19H28BrF. The van der Waals surface area contributed by atoms with Crippen LogP contribution in [0.2, 0.25) is 0 Å². The van der Waals surface area contributed by atoms with E-state index < -0.39 is 0 Å². The van der Waals surface area contributed by atoms with Crippen molar-refractivity contribution in [2.75, 3.05) is 5.33 Å². The first-order valence-corrected chi connectivity index (χ1v) is 9.19. The highest BCUT2D eigenvalue weighted by molar-refractivity contribution is 9.09. The van der Waals surface area contributed by atoms with Gasteiger partial charge in [-0.2, -0.15) is 0 Å². The van der Waals surface area contributed by atoms with Crippen molar-refractivity contribution in [3.05, 3.63) is 35.1 Å². The van der Waals surface area contributed by atoms with Crippen molar-refractivity contribution in [3.8, 4) is 0 Å². The molecule has 1 aromatic rings. The molecular weight excluding hydrogens is 327 g/mol. The molecule has 1 aromatic carbocycles. The maximum atomic E-state index is 13.5. The number of rotatable bonds is 3. The first-order chi connectivity index (χ1) is 9.76. The molecule has 0 N–H and O–H groups in total. The zero-order valence-electron chi connectivity index (χ0n) is 13.8. The van der Waals surface area contributed by atoms with E-state index in [1.807, 2.05) is 6.07 Å². The lowest BCUT2D eigenvalue weighted by Gasteiger charge is -2.43. The van der Waals surface area contributed by atoms with E-state index in [9.17, 15) is 4.39 Å². The second-order valence-electron chi connectivity index (χ2n) is 8.02. The molecule has 0 heterocycles. The Hall–Kier alpha value is -0.370. The minimum Gasteiger partial charge on any atom is -0.207 e. The Labute approximate surface area is 137 Å². The number of alkyl halides is 1. The zero-order chi connectivity index (χ0) is 15.7. The van der Waals surface area contributed by atoms with Gasteiger partial charge in [-0.25, -0.2) is 4.39 Å². The third kappa shape index (κ3) is 4.09. The molecule has 0 nitrogen and oxygen atoms in total. The van der Waals surface area contributed by atoms with Gasteiger partial charge in [0.2, 0.25) is 0 Å². The van der Waals surface area contributed by atoms with Gasteiger partial charge in [0, 0.05) is 5.33 Å². The molecule has 1 fully saturated rings. The number of hydrogen-bond donors (Lipinski definition) is 0. The van der Waals surface area contributed by atoms with Crippen LogP contribution >= 0.6 is 15.9 Å². The van der Waals surface area contributed by atoms with Crippen molar-refractivity contribution in [2.24, 2.45) is 16.7 Å². The van der Waals surface area contributed by atoms with E-state index in [1.54, 1.807) is 12.1 Å². The fraction of sp³-hybridized carbons (Fsp3) is 0.684. The third-order valence-electron chi connectivity index (χ3n) is 5.43. The summed E-state index contributed by atoms with van der Waals surface area (Å²) in [6, 6.07) is 5.21. The van der Waals surface area contributed by atoms with Crippen molar-refractivity contribution in [1.29, 1.82) is 0 Å². The van der Waals surface area contributed by atoms with Crippen LogP contribution < -0.4 is 0 Å². The standard InChI is InChI=1S/C19H28BrF/c1-14-5-6-17(21)11-15(14)12-19(13-20)9-7-16(8-10-19)18(2,3)4/h5-6,11,16H,7-10,12-13H2,1-4H3. The second kappa shape index (κ2) is 6.40. The van der Waals surface area contributed by atoms with Gasteiger partial charge in [-0.05, 0) is 79.0 Å². The normalized spacial score (nSPS) is 26.9. The van der Waals surface area contributed by atoms with Crippen LogP contribution in [0, 0.1) is 29.5 Å². The Kier molecular flexibility index (Phi) is 5.18. The molecule has 0 amide bonds. The largest absolute Gasteiger partial charge is 0.207 e. The maximum Gasteiger partial charge on any atom is 0.123 e. The summed E-state index contributed by atoms with van der Waals surface area (Å²) in [4.78, 5) is 0. The first kappa shape index (κ1) is 17.0. The minimum atomic E-state index is -0.108. The molecule has 1 aliphatic carbocycles. The van der Waals surface area contributed by atoms with E-state index in [1.165, 1.54) is 36.8 Å². The van der Waals surface area contributed by atoms with Gasteiger partial charge in [0.05, 0.1) is 0 Å². The molecule has 0 aromatic heterocycles. The number of hydrogen-bond acceptors (Lipinski definition) is 0. The molecule has 21 heavy (non-hydrogen) atoms. The Morgan fingerprint density at radius 1 is 1.24 bits per heavy atom. The summed E-state index contributed by atoms with van der Waals surface area (Å²) in [7, 11) is 0. The van der Waals surface area contributed by atoms with Gasteiger partial charge >= 0.3 is 0 Å². The Morgan fingerprint density at radius 2 is 1.86 bits per heavy atom. The molecule has 1 aliphatic rings. The molecule has 118 valence electrons. The second-order valence-corrected chi connectivity index (χ2v) is 8.58. The predicted octanol–water partition coefficient (Wildman–Crippen LogP) is 6.29. The smallest absolute Gasteiger partial charge is 0.123 e. The summed E-state index contributed by atoms with van der Waals surface area (Å²) in [5.74, 6) is 0.710. The van der Waals surface area contributed by atoms with Crippen molar-refractivity contribution in [2.45, 2.75) is 59.8 Å². The lowest BCUT2D eigenvalue weighted by Crippen LogP contribution is -2.35. The summed E-state index contributed by atoms with van der Waals surface area (Å²) in [6.45, 7) is 9.16. The van der Waals surface area contributed by atoms with E-state index in [2.05, 4.69) is 43.6 Å². The molecule has 0 radical (unpaired) electrons. The molecule has 0 saturated heterocycles. The van der Waals surface area contributed by atoms with Crippen molar-refractivity contribution in [1.82, 2.24) is 0 Å². The minimum absolute atomic E-state index is 0.108. The number of aryl methyl sites for hydroxylation is 1. The zero-order valence-corrected chi connectivity index (χ0v) is 15.4. The summed E-state index contributed by atoms with van der Waals surface area (Å²) < 4.78 is 13.5. The Bertz CT molecular complexity index is 479. The lowest BCUT2D eigenvalue weighted by molar-refractivity contribution is 0.103. The van der Waals surface area contributed by atoms with Gasteiger partial charge < -0.3 is 0 Å². The summed E-state index contributed by atoms with van der Waals surface area (Å²) in [5, 5.41) is 1.02. The van der Waals surface area contributed by atoms with Crippen LogP contribution in [0.5, 0.6) is 0 Å². The van der Waals surface area contributed by atoms with Crippen molar-refractivity contribution >= 4 is 15.9 Å². The first-order valence-electron chi connectivity index (χ1n) is 8.07. The Morgan fingerprint density at radius 3 is 2.38 bits per heavy atom. The molecule has 1 saturated carbocycles. The topological polar surface area (TPSA) is 0 Å². The van der Waals surface area contributed by atoms with Gasteiger partial charge in [-0.3, -0.25) is 0 Å². The van der Waals surface area contributed by atoms with Crippen LogP contribution in [0.4, 0.5) is 4.39 Å². The molecule has 0 bridgehead atoms. The maximum absolute atomic E-state index is 13.5. The number of benzene rings is 1. The van der Waals surface area contributed by atoms with Crippen LogP contribution in [0.3, 0.4) is 0 Å². The molecule has 2 rings (SSSR count). The van der Waals surface area contributed by atoms with Gasteiger partial charge in [-0.15, -0.1) is 0 Å². The fourth-order valence-electron chi connectivity index (χ4n) is 3.69. The van der Waals surface area contributed by atoms with Crippen LogP contribution in [0.25, 0.3) is 0 Å². The van der Waals surface area contributed by atoms with Gasteiger partial charge in [-0.1, -0.05) is 42.8 Å². The average molecular weight is 355 g/mol. The third-order valence-corrected chi connectivity index (χ3v) is 6.62. The highest BCUT2D eigenvalue weighted by Gasteiger charge is 2.38. The summed E-state index contributed by atoms with van der Waals surface area (Å²) in [5.41, 5.74) is 3.12. The molecule has 0 spiro atoms. The fourth-order valence-corrected chi connectivity index (χ4v) is 4.45. The monoisotopic (exact) mass is 354 g/mol. The van der Waals surface area contributed by atoms with E-state index in [4.69, 9.17) is 0 Å². The number of halogens is 2. The average Bonchev–Trinajstić information content (AvgIpc) is 2.42. The van der Waals surface area contributed by atoms with Crippen LogP contribution in [0.1, 0.15) is 57.6 Å². The van der Waals surface area contributed by atoms with Gasteiger partial charge in [0.1, 0.15) is 5.82 Å². The van der Waals surface area contributed by atoms with E-state index >= 15 is 0 Å². The van der Waals surface area contributed by atoms with Crippen LogP contribution in [-0.2, 0) is 6.42 Å².